The number of nitrogens with one attached hydrogen (secondary N) is 2. The maximum Gasteiger partial charge on any atom is 0.256 e. The number of amides is 2. The number of fused-ring (bicyclic) bond motifs is 1. The molecule has 1 aromatic carbocycles. The third-order valence-corrected chi connectivity index (χ3v) is 6.10. The van der Waals surface area contributed by atoms with Gasteiger partial charge in [0.1, 0.15) is 17.3 Å². The summed E-state index contributed by atoms with van der Waals surface area (Å²) >= 11 is 1.47. The van der Waals surface area contributed by atoms with Gasteiger partial charge < -0.3 is 20.7 Å². The highest BCUT2D eigenvalue weighted by molar-refractivity contribution is 7.17. The number of carbonyl (C=O) groups is 2. The van der Waals surface area contributed by atoms with Crippen LogP contribution in [0, 0.1) is 0 Å². The van der Waals surface area contributed by atoms with Gasteiger partial charge in [0, 0.05) is 12.0 Å². The lowest BCUT2D eigenvalue weighted by Gasteiger charge is -2.27. The normalized spacial score (nSPS) is 16.1. The average Bonchev–Trinajstić information content (AvgIpc) is 2.98. The molecule has 1 aliphatic heterocycles. The molecule has 1 unspecified atom stereocenters. The van der Waals surface area contributed by atoms with E-state index in [1.807, 2.05) is 13.8 Å². The number of nitrogens with two attached hydrogens (primary N) is 1. The summed E-state index contributed by atoms with van der Waals surface area (Å²) in [6.07, 6.45) is 0.872. The van der Waals surface area contributed by atoms with Crippen molar-refractivity contribution >= 4 is 28.2 Å². The molecule has 7 heteroatoms. The van der Waals surface area contributed by atoms with Crippen molar-refractivity contribution in [1.29, 1.82) is 0 Å². The molecular formula is C21H28N3O3S+. The van der Waals surface area contributed by atoms with Gasteiger partial charge in [-0.3, -0.25) is 9.59 Å². The third kappa shape index (κ3) is 4.36. The molecule has 0 saturated carbocycles. The molecule has 3 rings (SSSR count). The van der Waals surface area contributed by atoms with Crippen LogP contribution in [0.5, 0.6) is 5.75 Å². The zero-order chi connectivity index (χ0) is 20.4. The van der Waals surface area contributed by atoms with E-state index in [4.69, 9.17) is 10.5 Å². The second-order valence-electron chi connectivity index (χ2n) is 7.71. The second-order valence-corrected chi connectivity index (χ2v) is 8.81. The molecule has 1 aliphatic rings. The van der Waals surface area contributed by atoms with Crippen LogP contribution >= 0.6 is 11.3 Å². The SMILES string of the molecule is CC(C)Oc1ccc(C(=O)Nc2sc3c(c2C(N)=O)CC[NH+](C(C)C)C3)cc1. The lowest BCUT2D eigenvalue weighted by molar-refractivity contribution is -0.936. The number of rotatable bonds is 6. The van der Waals surface area contributed by atoms with E-state index in [2.05, 4.69) is 19.2 Å². The molecule has 2 amide bonds. The smallest absolute Gasteiger partial charge is 0.256 e. The van der Waals surface area contributed by atoms with Crippen LogP contribution in [0.4, 0.5) is 5.00 Å². The van der Waals surface area contributed by atoms with E-state index in [0.29, 0.717) is 27.9 Å². The van der Waals surface area contributed by atoms with Crippen molar-refractivity contribution < 1.29 is 19.2 Å². The van der Waals surface area contributed by atoms with E-state index >= 15 is 0 Å². The van der Waals surface area contributed by atoms with Gasteiger partial charge in [0.2, 0.25) is 0 Å². The average molecular weight is 403 g/mol. The van der Waals surface area contributed by atoms with Crippen LogP contribution in [-0.2, 0) is 13.0 Å². The Labute approximate surface area is 169 Å². The molecule has 2 aromatic rings. The van der Waals surface area contributed by atoms with E-state index in [1.54, 1.807) is 24.3 Å². The number of hydrogen-bond acceptors (Lipinski definition) is 4. The lowest BCUT2D eigenvalue weighted by atomic mass is 10.0. The maximum atomic E-state index is 12.7. The summed E-state index contributed by atoms with van der Waals surface area (Å²) in [6.45, 7) is 10.1. The minimum Gasteiger partial charge on any atom is -0.491 e. The van der Waals surface area contributed by atoms with E-state index in [9.17, 15) is 9.59 Å². The number of ether oxygens (including phenoxy) is 1. The highest BCUT2D eigenvalue weighted by Gasteiger charge is 2.30. The molecule has 0 saturated heterocycles. The van der Waals surface area contributed by atoms with Gasteiger partial charge in [-0.2, -0.15) is 0 Å². The van der Waals surface area contributed by atoms with Gasteiger partial charge in [-0.15, -0.1) is 11.3 Å². The van der Waals surface area contributed by atoms with E-state index in [0.717, 1.165) is 30.0 Å². The zero-order valence-corrected chi connectivity index (χ0v) is 17.6. The molecule has 4 N–H and O–H groups in total. The Balaban J connectivity index is 1.82. The van der Waals surface area contributed by atoms with Crippen molar-refractivity contribution in [1.82, 2.24) is 0 Å². The quantitative estimate of drug-likeness (QED) is 0.693. The largest absolute Gasteiger partial charge is 0.491 e. The topological polar surface area (TPSA) is 85.9 Å². The first-order valence-electron chi connectivity index (χ1n) is 9.63. The molecule has 0 radical (unpaired) electrons. The van der Waals surface area contributed by atoms with Crippen LogP contribution in [0.2, 0.25) is 0 Å². The fourth-order valence-corrected chi connectivity index (χ4v) is 4.77. The molecule has 150 valence electrons. The summed E-state index contributed by atoms with van der Waals surface area (Å²) in [5.41, 5.74) is 7.62. The van der Waals surface area contributed by atoms with Crippen molar-refractivity contribution in [3.8, 4) is 5.75 Å². The zero-order valence-electron chi connectivity index (χ0n) is 16.8. The summed E-state index contributed by atoms with van der Waals surface area (Å²) in [6, 6.07) is 7.49. The van der Waals surface area contributed by atoms with Gasteiger partial charge in [-0.25, -0.2) is 0 Å². The van der Waals surface area contributed by atoms with Gasteiger partial charge >= 0.3 is 0 Å². The predicted molar refractivity (Wildman–Crippen MR) is 111 cm³/mol. The van der Waals surface area contributed by atoms with Crippen molar-refractivity contribution in [2.75, 3.05) is 11.9 Å². The van der Waals surface area contributed by atoms with Gasteiger partial charge in [0.05, 0.1) is 29.1 Å². The summed E-state index contributed by atoms with van der Waals surface area (Å²) in [4.78, 5) is 27.4. The first-order valence-corrected chi connectivity index (χ1v) is 10.4. The fourth-order valence-electron chi connectivity index (χ4n) is 3.47. The maximum absolute atomic E-state index is 12.7. The van der Waals surface area contributed by atoms with Crippen molar-refractivity contribution in [3.63, 3.8) is 0 Å². The number of carbonyl (C=O) groups excluding carboxylic acids is 2. The second kappa shape index (κ2) is 8.32. The van der Waals surface area contributed by atoms with Crippen molar-refractivity contribution in [2.24, 2.45) is 5.73 Å². The first kappa shape index (κ1) is 20.4. The molecule has 1 atom stereocenters. The highest BCUT2D eigenvalue weighted by Crippen LogP contribution is 2.34. The molecule has 2 heterocycles. The minimum atomic E-state index is -0.485. The monoisotopic (exact) mass is 402 g/mol. The Morgan fingerprint density at radius 2 is 1.86 bits per heavy atom. The van der Waals surface area contributed by atoms with E-state index in [-0.39, 0.29) is 12.0 Å². The van der Waals surface area contributed by atoms with Crippen molar-refractivity contribution in [2.45, 2.75) is 52.8 Å². The number of anilines is 1. The first-order chi connectivity index (χ1) is 13.3. The van der Waals surface area contributed by atoms with Crippen LogP contribution < -0.4 is 20.7 Å². The van der Waals surface area contributed by atoms with Crippen LogP contribution in [0.3, 0.4) is 0 Å². The summed E-state index contributed by atoms with van der Waals surface area (Å²) < 4.78 is 5.61. The van der Waals surface area contributed by atoms with Gasteiger partial charge in [0.25, 0.3) is 11.8 Å². The molecule has 28 heavy (non-hydrogen) atoms. The Bertz CT molecular complexity index is 872. The minimum absolute atomic E-state index is 0.0720. The molecule has 0 bridgehead atoms. The highest BCUT2D eigenvalue weighted by atomic mass is 32.1. The summed E-state index contributed by atoms with van der Waals surface area (Å²) in [5, 5.41) is 3.45. The Morgan fingerprint density at radius 3 is 2.43 bits per heavy atom. The van der Waals surface area contributed by atoms with Crippen LogP contribution in [0.1, 0.15) is 58.9 Å². The Hall–Kier alpha value is -2.38. The van der Waals surface area contributed by atoms with Crippen LogP contribution in [-0.4, -0.2) is 30.5 Å². The van der Waals surface area contributed by atoms with Gasteiger partial charge in [0.15, 0.2) is 0 Å². The molecular weight excluding hydrogens is 374 g/mol. The molecule has 1 aromatic heterocycles. The van der Waals surface area contributed by atoms with Crippen LogP contribution in [0.15, 0.2) is 24.3 Å². The van der Waals surface area contributed by atoms with Gasteiger partial charge in [-0.1, -0.05) is 0 Å². The van der Waals surface area contributed by atoms with Gasteiger partial charge in [-0.05, 0) is 57.5 Å². The molecule has 0 spiro atoms. The number of quaternary nitrogens is 1. The third-order valence-electron chi connectivity index (χ3n) is 4.95. The number of benzene rings is 1. The van der Waals surface area contributed by atoms with Crippen molar-refractivity contribution in [3.05, 3.63) is 45.8 Å². The Morgan fingerprint density at radius 1 is 1.18 bits per heavy atom. The molecule has 0 aliphatic carbocycles. The molecule has 0 fully saturated rings. The van der Waals surface area contributed by atoms with E-state index < -0.39 is 5.91 Å². The fraction of sp³-hybridized carbons (Fsp3) is 0.429. The standard InChI is InChI=1S/C21H27N3O3S/c1-12(2)24-10-9-16-17(11-24)28-21(18(16)19(22)25)23-20(26)14-5-7-15(8-6-14)27-13(3)4/h5-8,12-13H,9-11H2,1-4H3,(H2,22,25)(H,23,26)/p+1. The summed E-state index contributed by atoms with van der Waals surface area (Å²) in [5.74, 6) is -0.0283. The predicted octanol–water partition coefficient (Wildman–Crippen LogP) is 2.24. The molecule has 6 nitrogen and oxygen atoms in total. The number of primary amides is 1. The summed E-state index contributed by atoms with van der Waals surface area (Å²) in [7, 11) is 0. The number of thiophene rings is 1. The number of hydrogen-bond donors (Lipinski definition) is 3. The Kier molecular flexibility index (Phi) is 6.05. The van der Waals surface area contributed by atoms with Crippen LogP contribution in [0.25, 0.3) is 0 Å². The van der Waals surface area contributed by atoms with E-state index in [1.165, 1.54) is 16.2 Å². The lowest BCUT2D eigenvalue weighted by Crippen LogP contribution is -3.14.